The van der Waals surface area contributed by atoms with Crippen molar-refractivity contribution in [3.63, 3.8) is 0 Å². The third kappa shape index (κ3) is 11.8. The van der Waals surface area contributed by atoms with E-state index in [1.807, 2.05) is 0 Å². The fourth-order valence-corrected chi connectivity index (χ4v) is 1.95. The van der Waals surface area contributed by atoms with Crippen molar-refractivity contribution in [1.82, 2.24) is 0 Å². The summed E-state index contributed by atoms with van der Waals surface area (Å²) in [7, 11) is 1.47. The van der Waals surface area contributed by atoms with Gasteiger partial charge in [0.25, 0.3) is 0 Å². The molecule has 0 fully saturated rings. The fraction of sp³-hybridized carbons (Fsp3) is 1.00. The zero-order chi connectivity index (χ0) is 19.1. The van der Waals surface area contributed by atoms with Gasteiger partial charge in [0.15, 0.2) is 0 Å². The molecule has 25 heavy (non-hydrogen) atoms. The Hall–Kier alpha value is -0.400. The lowest BCUT2D eigenvalue weighted by molar-refractivity contribution is -0.126. The van der Waals surface area contributed by atoms with E-state index in [0.29, 0.717) is 0 Å². The van der Waals surface area contributed by atoms with Crippen molar-refractivity contribution < 1.29 is 49.6 Å². The van der Waals surface area contributed by atoms with E-state index in [-0.39, 0.29) is 46.2 Å². The molecule has 0 aromatic carbocycles. The Morgan fingerprint density at radius 1 is 0.640 bits per heavy atom. The van der Waals surface area contributed by atoms with Crippen molar-refractivity contribution in [2.45, 2.75) is 18.3 Å². The maximum Gasteiger partial charge on any atom is 0.100 e. The van der Waals surface area contributed by atoms with Crippen molar-refractivity contribution in [2.24, 2.45) is 5.41 Å². The van der Waals surface area contributed by atoms with Gasteiger partial charge < -0.3 is 49.6 Å². The zero-order valence-corrected chi connectivity index (χ0v) is 14.6. The lowest BCUT2D eigenvalue weighted by Crippen LogP contribution is -2.43. The van der Waals surface area contributed by atoms with E-state index >= 15 is 0 Å². The molecule has 0 radical (unpaired) electrons. The Labute approximate surface area is 147 Å². The summed E-state index contributed by atoms with van der Waals surface area (Å²) in [4.78, 5) is 0. The standard InChI is InChI=1S/C15H32O10/c1-22-8-15(9-23-5-12(19)2-16,10-24-6-13(20)3-17)11-25-7-14(21)4-18/h12-14,16-21H,2-11H2,1H3. The first-order valence-electron chi connectivity index (χ1n) is 8.02. The smallest absolute Gasteiger partial charge is 0.100 e. The minimum atomic E-state index is -1.02. The summed E-state index contributed by atoms with van der Waals surface area (Å²) in [6, 6.07) is 0. The van der Waals surface area contributed by atoms with Gasteiger partial charge in [-0.3, -0.25) is 0 Å². The molecule has 3 unspecified atom stereocenters. The van der Waals surface area contributed by atoms with Crippen LogP contribution in [0.1, 0.15) is 0 Å². The van der Waals surface area contributed by atoms with Crippen LogP contribution in [-0.2, 0) is 18.9 Å². The lowest BCUT2D eigenvalue weighted by Gasteiger charge is -2.33. The number of ether oxygens (including phenoxy) is 4. The molecule has 0 bridgehead atoms. The fourth-order valence-electron chi connectivity index (χ4n) is 1.95. The molecule has 0 saturated carbocycles. The SMILES string of the molecule is COCC(COCC(O)CO)(COCC(O)CO)COCC(O)CO. The Bertz CT molecular complexity index is 263. The third-order valence-electron chi connectivity index (χ3n) is 3.24. The van der Waals surface area contributed by atoms with Crippen LogP contribution in [0.4, 0.5) is 0 Å². The normalized spacial score (nSPS) is 17.9. The van der Waals surface area contributed by atoms with Crippen LogP contribution < -0.4 is 0 Å². The highest BCUT2D eigenvalue weighted by molar-refractivity contribution is 4.80. The molecule has 0 rings (SSSR count). The molecule has 6 N–H and O–H groups in total. The number of rotatable bonds is 17. The first kappa shape index (κ1) is 24.6. The summed E-state index contributed by atoms with van der Waals surface area (Å²) in [6.45, 7) is -1.26. The van der Waals surface area contributed by atoms with E-state index in [0.717, 1.165) is 0 Å². The molecule has 0 aliphatic heterocycles. The third-order valence-corrected chi connectivity index (χ3v) is 3.24. The van der Waals surface area contributed by atoms with Crippen molar-refractivity contribution in [3.8, 4) is 0 Å². The molecule has 0 aromatic heterocycles. The average Bonchev–Trinajstić information content (AvgIpc) is 2.61. The first-order valence-corrected chi connectivity index (χ1v) is 8.02. The van der Waals surface area contributed by atoms with Crippen molar-refractivity contribution in [2.75, 3.05) is 73.2 Å². The van der Waals surface area contributed by atoms with Crippen LogP contribution in [0, 0.1) is 5.41 Å². The Morgan fingerprint density at radius 2 is 0.960 bits per heavy atom. The summed E-state index contributed by atoms with van der Waals surface area (Å²) in [5.41, 5.74) is -0.811. The van der Waals surface area contributed by atoms with Crippen molar-refractivity contribution in [1.29, 1.82) is 0 Å². The van der Waals surface area contributed by atoms with E-state index in [2.05, 4.69) is 0 Å². The molecular formula is C15H32O10. The van der Waals surface area contributed by atoms with Gasteiger partial charge in [-0.15, -0.1) is 0 Å². The highest BCUT2D eigenvalue weighted by Gasteiger charge is 2.33. The summed E-state index contributed by atoms with van der Waals surface area (Å²) in [5, 5.41) is 54.5. The van der Waals surface area contributed by atoms with Gasteiger partial charge in [-0.1, -0.05) is 0 Å². The molecule has 10 nitrogen and oxygen atoms in total. The first-order chi connectivity index (χ1) is 11.9. The molecule has 0 aliphatic rings. The van der Waals surface area contributed by atoms with E-state index in [9.17, 15) is 15.3 Å². The van der Waals surface area contributed by atoms with Gasteiger partial charge in [0, 0.05) is 7.11 Å². The summed E-state index contributed by atoms with van der Waals surface area (Å²) in [5.74, 6) is 0. The van der Waals surface area contributed by atoms with Crippen LogP contribution in [0.25, 0.3) is 0 Å². The molecule has 0 amide bonds. The van der Waals surface area contributed by atoms with Gasteiger partial charge in [0.2, 0.25) is 0 Å². The molecule has 0 aromatic rings. The van der Waals surface area contributed by atoms with Crippen LogP contribution in [0.5, 0.6) is 0 Å². The maximum atomic E-state index is 9.36. The predicted molar refractivity (Wildman–Crippen MR) is 86.0 cm³/mol. The predicted octanol–water partition coefficient (Wildman–Crippen LogP) is -3.27. The molecule has 0 spiro atoms. The highest BCUT2D eigenvalue weighted by Crippen LogP contribution is 2.21. The minimum absolute atomic E-state index is 0.0579. The van der Waals surface area contributed by atoms with Gasteiger partial charge in [-0.25, -0.2) is 0 Å². The Kier molecular flexibility index (Phi) is 14.5. The Morgan fingerprint density at radius 3 is 1.20 bits per heavy atom. The molecule has 0 saturated heterocycles. The number of methoxy groups -OCH3 is 1. The Balaban J connectivity index is 4.71. The number of hydrogen-bond donors (Lipinski definition) is 6. The summed E-state index contributed by atoms with van der Waals surface area (Å²) < 4.78 is 21.4. The van der Waals surface area contributed by atoms with Crippen LogP contribution >= 0.6 is 0 Å². The van der Waals surface area contributed by atoms with Crippen LogP contribution in [-0.4, -0.2) is 122 Å². The monoisotopic (exact) mass is 372 g/mol. The second-order valence-electron chi connectivity index (χ2n) is 5.99. The van der Waals surface area contributed by atoms with Gasteiger partial charge in [0.05, 0.1) is 71.5 Å². The molecule has 0 aliphatic carbocycles. The zero-order valence-electron chi connectivity index (χ0n) is 14.6. The van der Waals surface area contributed by atoms with Crippen LogP contribution in [0.3, 0.4) is 0 Å². The van der Waals surface area contributed by atoms with Crippen molar-refractivity contribution >= 4 is 0 Å². The van der Waals surface area contributed by atoms with Gasteiger partial charge >= 0.3 is 0 Å². The molecule has 152 valence electrons. The van der Waals surface area contributed by atoms with E-state index < -0.39 is 43.5 Å². The topological polar surface area (TPSA) is 158 Å². The van der Waals surface area contributed by atoms with E-state index in [1.54, 1.807) is 0 Å². The molecule has 3 atom stereocenters. The quantitative estimate of drug-likeness (QED) is 0.153. The van der Waals surface area contributed by atoms with Crippen LogP contribution in [0.15, 0.2) is 0 Å². The number of hydrogen-bond acceptors (Lipinski definition) is 10. The van der Waals surface area contributed by atoms with Crippen molar-refractivity contribution in [3.05, 3.63) is 0 Å². The molecule has 10 heteroatoms. The molecular weight excluding hydrogens is 340 g/mol. The maximum absolute atomic E-state index is 9.36. The van der Waals surface area contributed by atoms with Gasteiger partial charge in [0.1, 0.15) is 18.3 Å². The van der Waals surface area contributed by atoms with E-state index in [4.69, 9.17) is 34.3 Å². The molecule has 0 heterocycles. The highest BCUT2D eigenvalue weighted by atomic mass is 16.5. The minimum Gasteiger partial charge on any atom is -0.394 e. The number of aliphatic hydroxyl groups excluding tert-OH is 6. The summed E-state index contributed by atoms with van der Waals surface area (Å²) in [6.07, 6.45) is -3.06. The lowest BCUT2D eigenvalue weighted by atomic mass is 9.92. The second-order valence-corrected chi connectivity index (χ2v) is 5.99. The summed E-state index contributed by atoms with van der Waals surface area (Å²) >= 11 is 0. The van der Waals surface area contributed by atoms with Gasteiger partial charge in [-0.2, -0.15) is 0 Å². The van der Waals surface area contributed by atoms with Crippen LogP contribution in [0.2, 0.25) is 0 Å². The average molecular weight is 372 g/mol. The van der Waals surface area contributed by atoms with Gasteiger partial charge in [-0.05, 0) is 0 Å². The largest absolute Gasteiger partial charge is 0.394 e. The second kappa shape index (κ2) is 14.7. The van der Waals surface area contributed by atoms with E-state index in [1.165, 1.54) is 7.11 Å². The number of aliphatic hydroxyl groups is 6.